The van der Waals surface area contributed by atoms with Crippen LogP contribution in [0.5, 0.6) is 0 Å². The Labute approximate surface area is 126 Å². The van der Waals surface area contributed by atoms with Crippen molar-refractivity contribution in [1.29, 1.82) is 0 Å². The van der Waals surface area contributed by atoms with Crippen molar-refractivity contribution in [1.82, 2.24) is 0 Å². The lowest BCUT2D eigenvalue weighted by Crippen LogP contribution is -2.16. The van der Waals surface area contributed by atoms with Gasteiger partial charge in [-0.05, 0) is 40.2 Å². The van der Waals surface area contributed by atoms with Crippen LogP contribution >= 0.6 is 15.9 Å². The lowest BCUT2D eigenvalue weighted by atomic mass is 10.1. The van der Waals surface area contributed by atoms with E-state index < -0.39 is 29.1 Å². The fraction of sp³-hybridized carbons (Fsp3) is 0. The van der Waals surface area contributed by atoms with Crippen LogP contribution in [0.25, 0.3) is 0 Å². The number of anilines is 1. The molecule has 0 unspecified atom stereocenters. The van der Waals surface area contributed by atoms with Gasteiger partial charge in [-0.1, -0.05) is 12.1 Å². The Morgan fingerprint density at radius 2 is 1.67 bits per heavy atom. The van der Waals surface area contributed by atoms with Crippen molar-refractivity contribution in [2.24, 2.45) is 0 Å². The molecular formula is C14H8BrF2NO3. The first-order valence-corrected chi connectivity index (χ1v) is 6.48. The molecule has 1 amide bonds. The van der Waals surface area contributed by atoms with E-state index in [0.717, 1.165) is 12.1 Å². The number of halogens is 3. The van der Waals surface area contributed by atoms with Crippen LogP contribution in [0.3, 0.4) is 0 Å². The SMILES string of the molecule is O=C(Nc1cccc(F)c1C(=O)O)c1cccc(F)c1Br. The van der Waals surface area contributed by atoms with Gasteiger partial charge in [0.05, 0.1) is 15.7 Å². The predicted molar refractivity (Wildman–Crippen MR) is 75.4 cm³/mol. The number of carboxylic acid groups (broad SMARTS) is 1. The van der Waals surface area contributed by atoms with Gasteiger partial charge in [-0.2, -0.15) is 0 Å². The Kier molecular flexibility index (Phi) is 4.32. The van der Waals surface area contributed by atoms with Crippen molar-refractivity contribution < 1.29 is 23.5 Å². The largest absolute Gasteiger partial charge is 0.478 e. The van der Waals surface area contributed by atoms with Crippen molar-refractivity contribution in [2.45, 2.75) is 0 Å². The third-order valence-corrected chi connectivity index (χ3v) is 3.48. The van der Waals surface area contributed by atoms with E-state index in [1.54, 1.807) is 0 Å². The van der Waals surface area contributed by atoms with Gasteiger partial charge in [0.1, 0.15) is 17.2 Å². The van der Waals surface area contributed by atoms with Crippen LogP contribution in [0.2, 0.25) is 0 Å². The molecule has 0 fully saturated rings. The minimum Gasteiger partial charge on any atom is -0.478 e. The molecule has 0 radical (unpaired) electrons. The molecule has 7 heteroatoms. The molecule has 0 heterocycles. The lowest BCUT2D eigenvalue weighted by Gasteiger charge is -2.10. The average molecular weight is 356 g/mol. The number of hydrogen-bond acceptors (Lipinski definition) is 2. The van der Waals surface area contributed by atoms with Gasteiger partial charge in [0.2, 0.25) is 0 Å². The lowest BCUT2D eigenvalue weighted by molar-refractivity contribution is 0.0693. The molecule has 0 saturated heterocycles. The van der Waals surface area contributed by atoms with E-state index >= 15 is 0 Å². The highest BCUT2D eigenvalue weighted by Crippen LogP contribution is 2.24. The number of aromatic carboxylic acids is 1. The number of benzene rings is 2. The quantitative estimate of drug-likeness (QED) is 0.882. The molecule has 0 spiro atoms. The summed E-state index contributed by atoms with van der Waals surface area (Å²) in [5.41, 5.74) is -0.891. The topological polar surface area (TPSA) is 66.4 Å². The monoisotopic (exact) mass is 355 g/mol. The van der Waals surface area contributed by atoms with Gasteiger partial charge in [0.25, 0.3) is 5.91 Å². The Morgan fingerprint density at radius 1 is 1.05 bits per heavy atom. The van der Waals surface area contributed by atoms with E-state index in [0.29, 0.717) is 0 Å². The fourth-order valence-corrected chi connectivity index (χ4v) is 2.16. The summed E-state index contributed by atoms with van der Waals surface area (Å²) in [5.74, 6) is -3.88. The molecule has 2 rings (SSSR count). The molecule has 0 atom stereocenters. The summed E-state index contributed by atoms with van der Waals surface area (Å²) in [5, 5.41) is 11.2. The second-order valence-electron chi connectivity index (χ2n) is 4.02. The highest BCUT2D eigenvalue weighted by atomic mass is 79.9. The van der Waals surface area contributed by atoms with E-state index in [9.17, 15) is 18.4 Å². The van der Waals surface area contributed by atoms with E-state index in [-0.39, 0.29) is 15.7 Å². The summed E-state index contributed by atoms with van der Waals surface area (Å²) in [6.07, 6.45) is 0. The van der Waals surface area contributed by atoms with Crippen LogP contribution in [0, 0.1) is 11.6 Å². The molecule has 108 valence electrons. The van der Waals surface area contributed by atoms with Crippen LogP contribution in [0.15, 0.2) is 40.9 Å². The molecule has 2 aromatic carbocycles. The second-order valence-corrected chi connectivity index (χ2v) is 4.82. The molecular weight excluding hydrogens is 348 g/mol. The third kappa shape index (κ3) is 3.08. The smallest absolute Gasteiger partial charge is 0.340 e. The fourth-order valence-electron chi connectivity index (χ4n) is 1.71. The zero-order valence-electron chi connectivity index (χ0n) is 10.4. The van der Waals surface area contributed by atoms with Crippen LogP contribution in [0.1, 0.15) is 20.7 Å². The van der Waals surface area contributed by atoms with Gasteiger partial charge >= 0.3 is 5.97 Å². The van der Waals surface area contributed by atoms with Gasteiger partial charge < -0.3 is 10.4 Å². The van der Waals surface area contributed by atoms with Crippen molar-refractivity contribution in [3.63, 3.8) is 0 Å². The number of carbonyl (C=O) groups is 2. The van der Waals surface area contributed by atoms with Crippen LogP contribution in [-0.2, 0) is 0 Å². The zero-order chi connectivity index (χ0) is 15.6. The number of carbonyl (C=O) groups excluding carboxylic acids is 1. The first-order valence-electron chi connectivity index (χ1n) is 5.69. The maximum Gasteiger partial charge on any atom is 0.340 e. The maximum absolute atomic E-state index is 13.5. The number of carboxylic acids is 1. The summed E-state index contributed by atoms with van der Waals surface area (Å²) in [6.45, 7) is 0. The summed E-state index contributed by atoms with van der Waals surface area (Å²) >= 11 is 2.93. The Morgan fingerprint density at radius 3 is 2.33 bits per heavy atom. The van der Waals surface area contributed by atoms with E-state index in [1.807, 2.05) is 0 Å². The number of hydrogen-bond donors (Lipinski definition) is 2. The Bertz CT molecular complexity index is 734. The second kappa shape index (κ2) is 6.01. The van der Waals surface area contributed by atoms with Gasteiger partial charge in [-0.3, -0.25) is 4.79 Å². The van der Waals surface area contributed by atoms with Gasteiger partial charge in [0.15, 0.2) is 0 Å². The molecule has 0 bridgehead atoms. The standard InChI is InChI=1S/C14H8BrF2NO3/c15-12-7(3-1-5-9(12)17)13(19)18-10-6-2-4-8(16)11(10)14(20)21/h1-6H,(H,18,19)(H,20,21). The summed E-state index contributed by atoms with van der Waals surface area (Å²) in [7, 11) is 0. The summed E-state index contributed by atoms with van der Waals surface area (Å²) in [6, 6.07) is 7.32. The zero-order valence-corrected chi connectivity index (χ0v) is 11.9. The summed E-state index contributed by atoms with van der Waals surface area (Å²) < 4.78 is 26.8. The number of amides is 1. The minimum atomic E-state index is -1.51. The average Bonchev–Trinajstić information content (AvgIpc) is 2.41. The molecule has 2 N–H and O–H groups in total. The van der Waals surface area contributed by atoms with Gasteiger partial charge in [-0.25, -0.2) is 13.6 Å². The van der Waals surface area contributed by atoms with E-state index in [1.165, 1.54) is 24.3 Å². The van der Waals surface area contributed by atoms with E-state index in [2.05, 4.69) is 21.2 Å². The molecule has 2 aromatic rings. The van der Waals surface area contributed by atoms with Crippen LogP contribution < -0.4 is 5.32 Å². The van der Waals surface area contributed by atoms with E-state index in [4.69, 9.17) is 5.11 Å². The minimum absolute atomic E-state index is 0.0319. The molecule has 0 aliphatic heterocycles. The molecule has 0 saturated carbocycles. The third-order valence-electron chi connectivity index (χ3n) is 2.67. The maximum atomic E-state index is 13.5. The first kappa shape index (κ1) is 15.1. The molecule has 21 heavy (non-hydrogen) atoms. The Hall–Kier alpha value is -2.28. The first-order chi connectivity index (χ1) is 9.91. The predicted octanol–water partition coefficient (Wildman–Crippen LogP) is 3.68. The van der Waals surface area contributed by atoms with Crippen LogP contribution in [-0.4, -0.2) is 17.0 Å². The van der Waals surface area contributed by atoms with Gasteiger partial charge in [0, 0.05) is 0 Å². The van der Waals surface area contributed by atoms with Gasteiger partial charge in [-0.15, -0.1) is 0 Å². The van der Waals surface area contributed by atoms with Crippen LogP contribution in [0.4, 0.5) is 14.5 Å². The highest BCUT2D eigenvalue weighted by Gasteiger charge is 2.19. The van der Waals surface area contributed by atoms with Crippen molar-refractivity contribution in [2.75, 3.05) is 5.32 Å². The molecule has 0 aromatic heterocycles. The van der Waals surface area contributed by atoms with Crippen molar-refractivity contribution >= 4 is 33.5 Å². The number of rotatable bonds is 3. The van der Waals surface area contributed by atoms with Crippen molar-refractivity contribution in [3.05, 3.63) is 63.6 Å². The Balaban J connectivity index is 2.39. The highest BCUT2D eigenvalue weighted by molar-refractivity contribution is 9.10. The molecule has 0 aliphatic rings. The normalized spacial score (nSPS) is 10.2. The van der Waals surface area contributed by atoms with Crippen molar-refractivity contribution in [3.8, 4) is 0 Å². The molecule has 4 nitrogen and oxygen atoms in total. The molecule has 0 aliphatic carbocycles. The summed E-state index contributed by atoms with van der Waals surface area (Å²) in [4.78, 5) is 23.1. The number of nitrogens with one attached hydrogen (secondary N) is 1.